The number of ether oxygens (including phenoxy) is 1. The second-order valence-electron chi connectivity index (χ2n) is 6.42. The number of hydrogen-bond acceptors (Lipinski definition) is 3. The Morgan fingerprint density at radius 1 is 1.14 bits per heavy atom. The van der Waals surface area contributed by atoms with Crippen molar-refractivity contribution in [2.75, 3.05) is 18.9 Å². The zero-order chi connectivity index (χ0) is 14.5. The molecule has 116 valence electrons. The van der Waals surface area contributed by atoms with E-state index in [0.29, 0.717) is 17.3 Å². The Labute approximate surface area is 132 Å². The summed E-state index contributed by atoms with van der Waals surface area (Å²) in [5.74, 6) is 2.57. The summed E-state index contributed by atoms with van der Waals surface area (Å²) in [7, 11) is 0. The van der Waals surface area contributed by atoms with Crippen LogP contribution in [-0.4, -0.2) is 30.3 Å². The van der Waals surface area contributed by atoms with Gasteiger partial charge >= 0.3 is 0 Å². The largest absolute Gasteiger partial charge is 0.377 e. The highest BCUT2D eigenvalue weighted by Gasteiger charge is 2.31. The first-order valence-electron chi connectivity index (χ1n) is 8.35. The van der Waals surface area contributed by atoms with Crippen molar-refractivity contribution in [3.05, 3.63) is 35.9 Å². The van der Waals surface area contributed by atoms with E-state index in [4.69, 9.17) is 10.5 Å². The molecule has 1 aliphatic heterocycles. The fourth-order valence-electron chi connectivity index (χ4n) is 3.70. The van der Waals surface area contributed by atoms with Crippen molar-refractivity contribution in [3.63, 3.8) is 0 Å². The zero-order valence-corrected chi connectivity index (χ0v) is 13.6. The first kappa shape index (κ1) is 15.4. The summed E-state index contributed by atoms with van der Waals surface area (Å²) in [4.78, 5) is 0. The van der Waals surface area contributed by atoms with Crippen LogP contribution in [0.15, 0.2) is 30.3 Å². The Morgan fingerprint density at radius 2 is 2.00 bits per heavy atom. The molecule has 0 radical (unpaired) electrons. The molecule has 2 N–H and O–H groups in total. The third kappa shape index (κ3) is 4.02. The van der Waals surface area contributed by atoms with E-state index in [1.54, 1.807) is 0 Å². The molecule has 0 bridgehead atoms. The van der Waals surface area contributed by atoms with Crippen LogP contribution in [0.1, 0.15) is 43.6 Å². The fraction of sp³-hybridized carbons (Fsp3) is 0.667. The highest BCUT2D eigenvalue weighted by molar-refractivity contribution is 7.99. The van der Waals surface area contributed by atoms with Crippen molar-refractivity contribution in [3.8, 4) is 0 Å². The van der Waals surface area contributed by atoms with Crippen LogP contribution in [0, 0.1) is 5.92 Å². The molecular weight excluding hydrogens is 278 g/mol. The maximum Gasteiger partial charge on any atom is 0.0666 e. The van der Waals surface area contributed by atoms with Gasteiger partial charge in [0.1, 0.15) is 0 Å². The second kappa shape index (κ2) is 7.66. The zero-order valence-electron chi connectivity index (χ0n) is 12.7. The molecule has 4 unspecified atom stereocenters. The van der Waals surface area contributed by atoms with E-state index < -0.39 is 0 Å². The Bertz CT molecular complexity index is 418. The number of benzene rings is 1. The molecule has 1 heterocycles. The van der Waals surface area contributed by atoms with Crippen LogP contribution in [0.4, 0.5) is 0 Å². The lowest BCUT2D eigenvalue weighted by Gasteiger charge is -2.36. The molecular formula is C18H27NOS. The predicted octanol–water partition coefficient (Wildman–Crippen LogP) is 3.81. The number of nitrogens with two attached hydrogens (primary N) is 1. The first-order valence-corrected chi connectivity index (χ1v) is 9.40. The van der Waals surface area contributed by atoms with E-state index in [1.807, 2.05) is 0 Å². The van der Waals surface area contributed by atoms with Gasteiger partial charge in [0.25, 0.3) is 0 Å². The minimum absolute atomic E-state index is 0.491. The Balaban J connectivity index is 1.58. The minimum Gasteiger partial charge on any atom is -0.377 e. The first-order chi connectivity index (χ1) is 10.4. The van der Waals surface area contributed by atoms with Gasteiger partial charge in [0.15, 0.2) is 0 Å². The third-order valence-corrected chi connectivity index (χ3v) is 6.59. The molecule has 1 aromatic rings. The van der Waals surface area contributed by atoms with Crippen LogP contribution in [0.3, 0.4) is 0 Å². The highest BCUT2D eigenvalue weighted by Crippen LogP contribution is 2.41. The number of hydrogen-bond donors (Lipinski definition) is 1. The molecule has 2 nitrogen and oxygen atoms in total. The van der Waals surface area contributed by atoms with E-state index in [-0.39, 0.29) is 0 Å². The molecule has 1 aromatic carbocycles. The summed E-state index contributed by atoms with van der Waals surface area (Å²) in [6, 6.07) is 11.0. The van der Waals surface area contributed by atoms with E-state index in [1.165, 1.54) is 37.7 Å². The minimum atomic E-state index is 0.491. The fourth-order valence-corrected chi connectivity index (χ4v) is 5.31. The lowest BCUT2D eigenvalue weighted by atomic mass is 9.78. The molecule has 2 fully saturated rings. The maximum absolute atomic E-state index is 6.02. The van der Waals surface area contributed by atoms with Crippen molar-refractivity contribution in [1.29, 1.82) is 0 Å². The van der Waals surface area contributed by atoms with Gasteiger partial charge in [0, 0.05) is 17.6 Å². The van der Waals surface area contributed by atoms with Crippen LogP contribution >= 0.6 is 11.8 Å². The van der Waals surface area contributed by atoms with E-state index in [0.717, 1.165) is 24.8 Å². The summed E-state index contributed by atoms with van der Waals surface area (Å²) < 4.78 is 5.77. The molecule has 4 atom stereocenters. The van der Waals surface area contributed by atoms with Gasteiger partial charge in [-0.1, -0.05) is 30.3 Å². The van der Waals surface area contributed by atoms with Crippen LogP contribution in [-0.2, 0) is 4.74 Å². The molecule has 1 saturated carbocycles. The van der Waals surface area contributed by atoms with Crippen LogP contribution < -0.4 is 5.73 Å². The van der Waals surface area contributed by atoms with Gasteiger partial charge in [-0.2, -0.15) is 11.8 Å². The molecule has 1 aliphatic carbocycles. The van der Waals surface area contributed by atoms with Gasteiger partial charge in [-0.05, 0) is 56.0 Å². The van der Waals surface area contributed by atoms with Crippen molar-refractivity contribution in [2.24, 2.45) is 11.7 Å². The van der Waals surface area contributed by atoms with Gasteiger partial charge in [0.05, 0.1) is 6.10 Å². The molecule has 2 aliphatic rings. The van der Waals surface area contributed by atoms with E-state index in [2.05, 4.69) is 42.1 Å². The average Bonchev–Trinajstić information content (AvgIpc) is 3.07. The van der Waals surface area contributed by atoms with E-state index in [9.17, 15) is 0 Å². The van der Waals surface area contributed by atoms with Crippen molar-refractivity contribution in [2.45, 2.75) is 49.4 Å². The second-order valence-corrected chi connectivity index (χ2v) is 7.70. The molecule has 3 rings (SSSR count). The highest BCUT2D eigenvalue weighted by atomic mass is 32.2. The normalized spacial score (nSPS) is 33.2. The lowest BCUT2D eigenvalue weighted by molar-refractivity contribution is 0.128. The SMILES string of the molecule is NCC1CCC(c2ccccc2)CC1SCC1CCCO1. The van der Waals surface area contributed by atoms with Gasteiger partial charge in [0.2, 0.25) is 0 Å². The third-order valence-electron chi connectivity index (χ3n) is 5.02. The summed E-state index contributed by atoms with van der Waals surface area (Å²) >= 11 is 2.12. The summed E-state index contributed by atoms with van der Waals surface area (Å²) in [6.07, 6.45) is 6.83. The number of thioether (sulfide) groups is 1. The molecule has 3 heteroatoms. The summed E-state index contributed by atoms with van der Waals surface area (Å²) in [5.41, 5.74) is 7.53. The quantitative estimate of drug-likeness (QED) is 0.898. The number of rotatable bonds is 5. The van der Waals surface area contributed by atoms with Crippen LogP contribution in [0.5, 0.6) is 0 Å². The molecule has 0 aromatic heterocycles. The molecule has 21 heavy (non-hydrogen) atoms. The Morgan fingerprint density at radius 3 is 2.71 bits per heavy atom. The van der Waals surface area contributed by atoms with Crippen LogP contribution in [0.2, 0.25) is 0 Å². The average molecular weight is 305 g/mol. The lowest BCUT2D eigenvalue weighted by Crippen LogP contribution is -2.32. The molecule has 1 saturated heterocycles. The van der Waals surface area contributed by atoms with Crippen molar-refractivity contribution < 1.29 is 4.74 Å². The predicted molar refractivity (Wildman–Crippen MR) is 90.8 cm³/mol. The monoisotopic (exact) mass is 305 g/mol. The molecule has 0 amide bonds. The Kier molecular flexibility index (Phi) is 5.61. The smallest absolute Gasteiger partial charge is 0.0666 e. The summed E-state index contributed by atoms with van der Waals surface area (Å²) in [6.45, 7) is 1.80. The van der Waals surface area contributed by atoms with E-state index >= 15 is 0 Å². The topological polar surface area (TPSA) is 35.2 Å². The molecule has 0 spiro atoms. The summed E-state index contributed by atoms with van der Waals surface area (Å²) in [5, 5.41) is 0.707. The standard InChI is InChI=1S/C18H27NOS/c19-12-16-9-8-15(14-5-2-1-3-6-14)11-18(16)21-13-17-7-4-10-20-17/h1-3,5-6,15-18H,4,7-13,19H2. The van der Waals surface area contributed by atoms with Gasteiger partial charge in [-0.15, -0.1) is 0 Å². The van der Waals surface area contributed by atoms with Gasteiger partial charge < -0.3 is 10.5 Å². The van der Waals surface area contributed by atoms with Crippen molar-refractivity contribution in [1.82, 2.24) is 0 Å². The Hall–Kier alpha value is -0.510. The van der Waals surface area contributed by atoms with Gasteiger partial charge in [-0.3, -0.25) is 0 Å². The van der Waals surface area contributed by atoms with Crippen molar-refractivity contribution >= 4 is 11.8 Å². The van der Waals surface area contributed by atoms with Crippen LogP contribution in [0.25, 0.3) is 0 Å². The maximum atomic E-state index is 6.02. The van der Waals surface area contributed by atoms with Gasteiger partial charge in [-0.25, -0.2) is 0 Å².